The largest absolute Gasteiger partial charge is 0.508 e. The predicted octanol–water partition coefficient (Wildman–Crippen LogP) is 16.7. The highest BCUT2D eigenvalue weighted by Gasteiger charge is 2.47. The van der Waals surface area contributed by atoms with Crippen LogP contribution in [0.2, 0.25) is 0 Å². The number of phenols is 3. The molecule has 0 aliphatic carbocycles. The number of anilines is 3. The summed E-state index contributed by atoms with van der Waals surface area (Å²) in [5.41, 5.74) is 10.6. The number of aliphatic hydroxyl groups excluding tert-OH is 7. The van der Waals surface area contributed by atoms with E-state index in [2.05, 4.69) is 0 Å². The van der Waals surface area contributed by atoms with Gasteiger partial charge < -0.3 is 90.1 Å². The first-order valence-corrected chi connectivity index (χ1v) is 46.3. The van der Waals surface area contributed by atoms with Crippen molar-refractivity contribution in [2.45, 2.75) is 144 Å². The second kappa shape index (κ2) is 42.0. The molecule has 4 aliphatic rings. The minimum absolute atomic E-state index is 0.0125. The van der Waals surface area contributed by atoms with Gasteiger partial charge in [0.2, 0.25) is 17.7 Å². The van der Waals surface area contributed by atoms with Crippen molar-refractivity contribution in [1.82, 2.24) is 0 Å². The molecule has 12 aromatic rings. The van der Waals surface area contributed by atoms with Crippen molar-refractivity contribution in [3.8, 4) is 50.6 Å². The first-order valence-electron chi connectivity index (χ1n) is 43.0. The molecule has 4 fully saturated rings. The number of aliphatic hydroxyl groups is 7. The van der Waals surface area contributed by atoms with Crippen LogP contribution in [0.5, 0.6) is 17.2 Å². The summed E-state index contributed by atoms with van der Waals surface area (Å²) < 4.78 is 68.6. The minimum atomic E-state index is -4.36. The number of rotatable bonds is 28. The molecule has 3 amide bonds. The zero-order chi connectivity index (χ0) is 92.2. The Balaban J connectivity index is 0.000000158. The van der Waals surface area contributed by atoms with E-state index in [1.807, 2.05) is 115 Å². The van der Waals surface area contributed by atoms with Crippen LogP contribution in [-0.2, 0) is 28.3 Å². The fourth-order valence-corrected chi connectivity index (χ4v) is 19.2. The number of hydrogen-bond acceptors (Lipinski definition) is 16. The van der Waals surface area contributed by atoms with Gasteiger partial charge in [-0.3, -0.25) is 23.5 Å². The Labute approximate surface area is 749 Å². The number of carbonyl (C=O) groups excluding carboxylic acids is 3. The van der Waals surface area contributed by atoms with Gasteiger partial charge in [-0.15, -0.1) is 0 Å². The van der Waals surface area contributed by atoms with Gasteiger partial charge in [-0.05, 0) is 227 Å². The zero-order valence-electron chi connectivity index (χ0n) is 70.6. The summed E-state index contributed by atoms with van der Waals surface area (Å²) in [6, 6.07) is 78.6. The number of nitrogens with zero attached hydrogens (tertiary/aromatic N) is 3. The fraction of sp³-hybridized carbons (Fsp3) is 0.265. The van der Waals surface area contributed by atoms with Gasteiger partial charge in [0.15, 0.2) is 0 Å². The van der Waals surface area contributed by atoms with E-state index < -0.39 is 88.8 Å². The molecule has 0 bridgehead atoms. The van der Waals surface area contributed by atoms with Crippen molar-refractivity contribution in [2.75, 3.05) is 21.3 Å². The Hall–Kier alpha value is -11.8. The van der Waals surface area contributed by atoms with Gasteiger partial charge in [-0.2, -0.15) is 0 Å². The molecule has 23 nitrogen and oxygen atoms in total. The van der Waals surface area contributed by atoms with Crippen LogP contribution < -0.4 is 25.3 Å². The molecule has 0 spiro atoms. The molecule has 9 unspecified atom stereocenters. The maximum Gasteiger partial charge on any atom is 0.356 e. The lowest BCUT2D eigenvalue weighted by Gasteiger charge is -2.40. The van der Waals surface area contributed by atoms with Crippen molar-refractivity contribution < 1.29 is 112 Å². The van der Waals surface area contributed by atoms with Crippen molar-refractivity contribution in [2.24, 2.45) is 17.8 Å². The molecule has 14 atom stereocenters. The second-order valence-electron chi connectivity index (χ2n) is 33.4. The van der Waals surface area contributed by atoms with E-state index in [1.165, 1.54) is 60.7 Å². The summed E-state index contributed by atoms with van der Waals surface area (Å²) in [6.07, 6.45) is -2.59. The van der Waals surface area contributed by atoms with Crippen LogP contribution >= 0.6 is 15.2 Å². The highest BCUT2D eigenvalue weighted by Crippen LogP contribution is 2.52. The lowest BCUT2D eigenvalue weighted by atomic mass is 9.87. The summed E-state index contributed by atoms with van der Waals surface area (Å²) in [6.45, 7) is -0.516. The third kappa shape index (κ3) is 22.3. The Morgan fingerprint density at radius 1 is 0.354 bits per heavy atom. The normalized spacial score (nSPS) is 21.2. The van der Waals surface area contributed by atoms with Crippen molar-refractivity contribution in [3.63, 3.8) is 0 Å². The monoisotopic (exact) mass is 1810 g/mol. The van der Waals surface area contributed by atoms with Crippen molar-refractivity contribution in [1.29, 1.82) is 0 Å². The summed E-state index contributed by atoms with van der Waals surface area (Å²) in [7, 11) is -8.73. The molecule has 28 heteroatoms. The standard InChI is InChI=1S/C38H40FNO8.2C32H31FNO6P/c39-27-16-13-23(14-17-27)30(42)8-4-5-26-20-33(44)40(28-6-2-1-3-7-28)34(26)29-18-15-25(19-31(29)43)22-9-11-24(12-10-22)38-37(47)36(46)35(45)32(21-41)48-38;2*33-25-14-9-22(10-15-25)29(35)8-4-5-24-20-31(37)34(26-6-2-1-3-7-26)32(24)28-18-13-23(19-30(28)36)21-11-16-27(17-12-21)41(38,39)40/h1-3,6-7,9-19,26,30,32,34-38,41-43,45-47H,4-5,8,20-21H2;2*1-3,6-7,9-19,24,29,32,35-36H,4-5,8,20H2,(H2,38,39,40)/t;24-,29?,32-;24-,29+,32-/m.00/s1. The molecule has 676 valence electrons. The molecule has 16 rings (SSSR count). The van der Waals surface area contributed by atoms with E-state index in [0.717, 1.165) is 22.6 Å². The van der Waals surface area contributed by atoms with E-state index in [0.29, 0.717) is 125 Å². The third-order valence-corrected chi connectivity index (χ3v) is 26.8. The van der Waals surface area contributed by atoms with E-state index in [4.69, 9.17) is 4.74 Å². The molecule has 0 saturated carbocycles. The van der Waals surface area contributed by atoms with Crippen LogP contribution in [0.4, 0.5) is 30.2 Å². The molecule has 4 saturated heterocycles. The number of phenolic OH excluding ortho intramolecular Hbond substituents is 3. The maximum absolute atomic E-state index is 13.5. The van der Waals surface area contributed by atoms with Crippen LogP contribution in [0.3, 0.4) is 0 Å². The van der Waals surface area contributed by atoms with Crippen LogP contribution in [0, 0.1) is 35.2 Å². The average molecular weight is 1810 g/mol. The summed E-state index contributed by atoms with van der Waals surface area (Å²) in [5, 5.41) is 106. The molecule has 4 aliphatic heterocycles. The molecular formula is C102H102F3N3O20P2. The van der Waals surface area contributed by atoms with Crippen LogP contribution in [0.15, 0.2) is 291 Å². The van der Waals surface area contributed by atoms with Gasteiger partial charge in [-0.25, -0.2) is 13.2 Å². The molecule has 4 heterocycles. The number of carbonyl (C=O) groups is 3. The van der Waals surface area contributed by atoms with Crippen molar-refractivity contribution >= 4 is 60.6 Å². The van der Waals surface area contributed by atoms with Crippen LogP contribution in [-0.4, -0.2) is 119 Å². The minimum Gasteiger partial charge on any atom is -0.508 e. The molecule has 0 radical (unpaired) electrons. The van der Waals surface area contributed by atoms with Gasteiger partial charge in [0, 0.05) is 53.0 Å². The van der Waals surface area contributed by atoms with Gasteiger partial charge in [-0.1, -0.05) is 195 Å². The van der Waals surface area contributed by atoms with Gasteiger partial charge in [0.1, 0.15) is 65.2 Å². The van der Waals surface area contributed by atoms with Crippen LogP contribution in [0.25, 0.3) is 33.4 Å². The molecule has 12 aromatic carbocycles. The first-order chi connectivity index (χ1) is 62.4. The van der Waals surface area contributed by atoms with Gasteiger partial charge in [0.05, 0.1) is 53.7 Å². The number of ether oxygens (including phenoxy) is 1. The highest BCUT2D eigenvalue weighted by molar-refractivity contribution is 7.60. The highest BCUT2D eigenvalue weighted by atomic mass is 31.2. The Bertz CT molecular complexity index is 5710. The molecular weight excluding hydrogens is 1710 g/mol. The summed E-state index contributed by atoms with van der Waals surface area (Å²) >= 11 is 0. The number of halogens is 3. The lowest BCUT2D eigenvalue weighted by Crippen LogP contribution is -2.55. The van der Waals surface area contributed by atoms with Gasteiger partial charge in [0.25, 0.3) is 0 Å². The average Bonchev–Trinajstić information content (AvgIpc) is 1.61. The number of benzene rings is 12. The van der Waals surface area contributed by atoms with Crippen LogP contribution in [0.1, 0.15) is 159 Å². The smallest absolute Gasteiger partial charge is 0.356 e. The summed E-state index contributed by atoms with van der Waals surface area (Å²) in [5.74, 6) is -1.57. The first kappa shape index (κ1) is 94.3. The zero-order valence-corrected chi connectivity index (χ0v) is 72.4. The van der Waals surface area contributed by atoms with E-state index in [9.17, 15) is 107 Å². The Morgan fingerprint density at radius 2 is 0.631 bits per heavy atom. The number of hydrogen-bond donors (Lipinski definition) is 14. The maximum atomic E-state index is 13.5. The lowest BCUT2D eigenvalue weighted by molar-refractivity contribution is -0.231. The second-order valence-corrected chi connectivity index (χ2v) is 36.6. The third-order valence-electron chi connectivity index (χ3n) is 24.9. The van der Waals surface area contributed by atoms with E-state index >= 15 is 0 Å². The molecule has 130 heavy (non-hydrogen) atoms. The quantitative estimate of drug-likeness (QED) is 0.0203. The number of amides is 3. The number of para-hydroxylation sites is 3. The topological polar surface area (TPSA) is 388 Å². The van der Waals surface area contributed by atoms with E-state index in [1.54, 1.807) is 130 Å². The number of aromatic hydroxyl groups is 3. The Kier molecular flexibility index (Phi) is 30.5. The summed E-state index contributed by atoms with van der Waals surface area (Å²) in [4.78, 5) is 82.9. The molecule has 14 N–H and O–H groups in total. The molecule has 0 aromatic heterocycles. The SMILES string of the molecule is O=C1CC(CCCC(O)c2ccc(F)cc2)C(c2ccc(-c3ccc(C4OC(CO)C(O)C(O)C4O)cc3)cc2O)N1c1ccccc1.O=C1C[C@H](CCCC(O)c2ccc(F)cc2)[C@@H](c2ccc(-c3ccc(P(=O)(O)O)cc3)cc2O)N1c1ccccc1.O=C1C[C@H](CCC[C@@H](O)c2ccc(F)cc2)[C@@H](c2ccc(-c3ccc(P(=O)(O)O)cc3)cc2O)N1c1ccccc1. The predicted molar refractivity (Wildman–Crippen MR) is 487 cm³/mol. The fourth-order valence-electron chi connectivity index (χ4n) is 18.2. The van der Waals surface area contributed by atoms with Crippen molar-refractivity contribution in [3.05, 3.63) is 348 Å². The van der Waals surface area contributed by atoms with Gasteiger partial charge >= 0.3 is 15.2 Å². The van der Waals surface area contributed by atoms with E-state index in [-0.39, 0.29) is 100 Å². The Morgan fingerprint density at radius 3 is 0.900 bits per heavy atom.